The molecule has 0 spiro atoms. The third-order valence-electron chi connectivity index (χ3n) is 16.4. The molecule has 4 amide bonds. The van der Waals surface area contributed by atoms with Gasteiger partial charge in [-0.05, 0) is 155 Å². The number of aliphatic carboxylic acids is 2. The van der Waals surface area contributed by atoms with Crippen LogP contribution >= 0.6 is 0 Å². The second-order valence-electron chi connectivity index (χ2n) is 24.2. The maximum Gasteiger partial charge on any atom is 0.306 e. The van der Waals surface area contributed by atoms with Gasteiger partial charge in [0.05, 0.1) is 11.8 Å². The average molecular weight is 1190 g/mol. The lowest BCUT2D eigenvalue weighted by atomic mass is 9.72. The summed E-state index contributed by atoms with van der Waals surface area (Å²) < 4.78 is 0. The molecule has 4 aromatic carbocycles. The van der Waals surface area contributed by atoms with E-state index in [1.807, 2.05) is 26.8 Å². The van der Waals surface area contributed by atoms with E-state index in [-0.39, 0.29) is 54.7 Å². The number of anilines is 8. The zero-order valence-electron chi connectivity index (χ0n) is 51.6. The van der Waals surface area contributed by atoms with Gasteiger partial charge in [-0.1, -0.05) is 142 Å². The predicted molar refractivity (Wildman–Crippen MR) is 349 cm³/mol. The van der Waals surface area contributed by atoms with Crippen LogP contribution in [0.2, 0.25) is 0 Å². The first-order valence-electron chi connectivity index (χ1n) is 31.5. The first-order valence-corrected chi connectivity index (χ1v) is 31.5. The number of carbonyl (C=O) groups excluding carboxylic acids is 5. The van der Waals surface area contributed by atoms with Crippen molar-refractivity contribution in [2.45, 2.75) is 188 Å². The molecule has 0 aromatic heterocycles. The number of carboxylic acids is 2. The number of carbonyl (C=O) groups is 7. The fraction of sp³-hybridized carbons (Fsp3) is 0.522. The first kappa shape index (κ1) is 70.8. The molecule has 0 radical (unpaired) electrons. The zero-order chi connectivity index (χ0) is 62.9. The third kappa shape index (κ3) is 26.7. The van der Waals surface area contributed by atoms with Crippen LogP contribution in [0.4, 0.5) is 45.5 Å². The number of carboxylic acid groups (broad SMARTS) is 2. The number of hydrogen-bond donors (Lipinski definition) is 10. The Morgan fingerprint density at radius 1 is 0.512 bits per heavy atom. The van der Waals surface area contributed by atoms with Crippen molar-refractivity contribution in [2.24, 2.45) is 40.9 Å². The van der Waals surface area contributed by atoms with Gasteiger partial charge in [-0.25, -0.2) is 0 Å². The van der Waals surface area contributed by atoms with Crippen molar-refractivity contribution in [1.29, 1.82) is 0 Å². The third-order valence-corrected chi connectivity index (χ3v) is 16.4. The number of aldehydes is 1. The van der Waals surface area contributed by atoms with Gasteiger partial charge in [0.15, 0.2) is 0 Å². The largest absolute Gasteiger partial charge is 0.481 e. The van der Waals surface area contributed by atoms with Gasteiger partial charge in [0, 0.05) is 74.7 Å². The van der Waals surface area contributed by atoms with E-state index in [9.17, 15) is 43.8 Å². The number of amides is 4. The molecule has 7 atom stereocenters. The molecule has 0 aliphatic heterocycles. The number of nitrogens with two attached hydrogens (primary N) is 4. The van der Waals surface area contributed by atoms with E-state index in [1.54, 1.807) is 97.1 Å². The van der Waals surface area contributed by atoms with Gasteiger partial charge in [-0.3, -0.25) is 28.8 Å². The summed E-state index contributed by atoms with van der Waals surface area (Å²) in [6.07, 6.45) is 19.2. The number of rotatable bonds is 43. The highest BCUT2D eigenvalue weighted by Gasteiger charge is 2.39. The number of nitrogens with one attached hydrogen (secondary N) is 4. The van der Waals surface area contributed by atoms with Gasteiger partial charge < -0.3 is 59.2 Å². The summed E-state index contributed by atoms with van der Waals surface area (Å²) >= 11 is 0. The molecule has 7 unspecified atom stereocenters. The lowest BCUT2D eigenvalue weighted by molar-refractivity contribution is -0.145. The summed E-state index contributed by atoms with van der Waals surface area (Å²) in [5.41, 5.74) is 27.6. The van der Waals surface area contributed by atoms with E-state index >= 15 is 0 Å². The minimum absolute atomic E-state index is 0.0137. The molecule has 0 aliphatic carbocycles. The fourth-order valence-corrected chi connectivity index (χ4v) is 11.8. The van der Waals surface area contributed by atoms with Crippen molar-refractivity contribution in [3.05, 3.63) is 109 Å². The van der Waals surface area contributed by atoms with Crippen molar-refractivity contribution in [3.8, 4) is 0 Å². The van der Waals surface area contributed by atoms with E-state index in [0.717, 1.165) is 70.5 Å². The van der Waals surface area contributed by atoms with Crippen LogP contribution in [0.25, 0.3) is 0 Å². The molecule has 86 heavy (non-hydrogen) atoms. The molecule has 0 heterocycles. The summed E-state index contributed by atoms with van der Waals surface area (Å²) in [7, 11) is 0. The van der Waals surface area contributed by atoms with Crippen molar-refractivity contribution < 1.29 is 43.8 Å². The maximum atomic E-state index is 14.6. The van der Waals surface area contributed by atoms with Crippen LogP contribution in [0.15, 0.2) is 109 Å². The quantitative estimate of drug-likeness (QED) is 0.00854. The SMILES string of the molecule is CCCCCCCC(CC(CCCCCCC(C=O)CCCCCC(CC(=O)Nc1cccc(N)c1)C(=CCCC(C)CC(C)(CC(CCC)C(=O)O)C(=O)Nc1cccc(N)c1)C(=O)Nc1cccc(N)c1)C(=O)O)C(=O)Nc1cccc(N)c1. The Kier molecular flexibility index (Phi) is 31.6. The zero-order valence-corrected chi connectivity index (χ0v) is 51.6. The smallest absolute Gasteiger partial charge is 0.306 e. The Labute approximate surface area is 511 Å². The Morgan fingerprint density at radius 2 is 0.965 bits per heavy atom. The Hall–Kier alpha value is -7.69. The highest BCUT2D eigenvalue weighted by molar-refractivity contribution is 6.05. The molecule has 17 nitrogen and oxygen atoms in total. The number of benzene rings is 4. The number of allylic oxidation sites excluding steroid dienone is 1. The normalized spacial score (nSPS) is 14.3. The molecule has 4 rings (SSSR count). The Morgan fingerprint density at radius 3 is 1.45 bits per heavy atom. The molecule has 0 bridgehead atoms. The molecular weight excluding hydrogens is 1080 g/mol. The van der Waals surface area contributed by atoms with E-state index in [0.29, 0.717) is 128 Å². The molecular formula is C69H100N8O9. The van der Waals surface area contributed by atoms with Gasteiger partial charge >= 0.3 is 11.9 Å². The molecule has 0 saturated heterocycles. The van der Waals surface area contributed by atoms with Crippen molar-refractivity contribution in [2.75, 3.05) is 44.2 Å². The van der Waals surface area contributed by atoms with Crippen LogP contribution in [0, 0.1) is 40.9 Å². The Bertz CT molecular complexity index is 2800. The van der Waals surface area contributed by atoms with Crippen LogP contribution in [-0.2, 0) is 33.6 Å². The van der Waals surface area contributed by atoms with E-state index in [1.165, 1.54) is 0 Å². The lowest BCUT2D eigenvalue weighted by Gasteiger charge is -2.33. The molecule has 0 fully saturated rings. The summed E-state index contributed by atoms with van der Waals surface area (Å²) in [4.78, 5) is 93.6. The van der Waals surface area contributed by atoms with E-state index in [4.69, 9.17) is 22.9 Å². The Balaban J connectivity index is 1.42. The van der Waals surface area contributed by atoms with Crippen LogP contribution in [0.5, 0.6) is 0 Å². The van der Waals surface area contributed by atoms with Crippen molar-refractivity contribution >= 4 is 87.4 Å². The summed E-state index contributed by atoms with van der Waals surface area (Å²) in [5.74, 6) is -5.60. The summed E-state index contributed by atoms with van der Waals surface area (Å²) in [5, 5.41) is 32.4. The number of hydrogen-bond acceptors (Lipinski definition) is 11. The first-order chi connectivity index (χ1) is 41.2. The molecule has 14 N–H and O–H groups in total. The summed E-state index contributed by atoms with van der Waals surface area (Å²) in [6.45, 7) is 7.91. The minimum Gasteiger partial charge on any atom is -0.481 e. The molecule has 0 aliphatic rings. The maximum absolute atomic E-state index is 14.6. The van der Waals surface area contributed by atoms with Crippen LogP contribution in [0.3, 0.4) is 0 Å². The lowest BCUT2D eigenvalue weighted by Crippen LogP contribution is -2.38. The standard InChI is InChI=1S/C69H100N8O9/c1-5-7-8-9-15-28-51(64(80)75-59-35-20-31-55(71)42-59)39-52(66(82)83)29-16-11-10-13-25-49(47-78)26-14-12-17-27-50(40-63(79)74-58-34-19-30-54(70)41-58)62(65(81)76-60-36-21-32-56(72)43-60)38-18-24-48(3)45-69(4,46-53(23-6-2)67(84)85)68(86)77-61-37-22-33-57(73)44-61/h19-22,30-38,41-44,47-53H,5-18,23-29,39-40,45-46,70-73H2,1-4H3,(H,74,79)(H,75,80)(H,76,81)(H,77,86)(H,82,83)(H,84,85). The highest BCUT2D eigenvalue weighted by Crippen LogP contribution is 2.39. The van der Waals surface area contributed by atoms with Gasteiger partial charge in [0.1, 0.15) is 6.29 Å². The van der Waals surface area contributed by atoms with E-state index in [2.05, 4.69) is 28.2 Å². The summed E-state index contributed by atoms with van der Waals surface area (Å²) in [6, 6.07) is 27.6. The number of nitrogen functional groups attached to an aromatic ring is 4. The van der Waals surface area contributed by atoms with Crippen LogP contribution in [-0.4, -0.2) is 52.1 Å². The van der Waals surface area contributed by atoms with Crippen molar-refractivity contribution in [1.82, 2.24) is 0 Å². The monoisotopic (exact) mass is 1180 g/mol. The number of unbranched alkanes of at least 4 members (excludes halogenated alkanes) is 9. The van der Waals surface area contributed by atoms with Gasteiger partial charge in [-0.15, -0.1) is 0 Å². The average Bonchev–Trinajstić information content (AvgIpc) is 3.45. The van der Waals surface area contributed by atoms with Gasteiger partial charge in [0.2, 0.25) is 17.7 Å². The fourth-order valence-electron chi connectivity index (χ4n) is 11.8. The van der Waals surface area contributed by atoms with Crippen molar-refractivity contribution in [3.63, 3.8) is 0 Å². The minimum atomic E-state index is -1.07. The molecule has 0 saturated carbocycles. The van der Waals surface area contributed by atoms with Gasteiger partial charge in [0.25, 0.3) is 5.91 Å². The van der Waals surface area contributed by atoms with Crippen LogP contribution in [0.1, 0.15) is 188 Å². The molecule has 4 aromatic rings. The second-order valence-corrected chi connectivity index (χ2v) is 24.2. The topological polar surface area (TPSA) is 312 Å². The van der Waals surface area contributed by atoms with Crippen LogP contribution < -0.4 is 44.2 Å². The second kappa shape index (κ2) is 38.4. The van der Waals surface area contributed by atoms with Gasteiger partial charge in [-0.2, -0.15) is 0 Å². The molecule has 17 heteroatoms. The predicted octanol–water partition coefficient (Wildman–Crippen LogP) is 14.7. The highest BCUT2D eigenvalue weighted by atomic mass is 16.4. The molecule has 470 valence electrons. The van der Waals surface area contributed by atoms with E-state index < -0.39 is 41.0 Å².